The molecule has 7 nitrogen and oxygen atoms in total. The van der Waals surface area contributed by atoms with Gasteiger partial charge in [-0.1, -0.05) is 29.5 Å². The molecule has 1 N–H and O–H groups in total. The molecule has 0 fully saturated rings. The molecule has 4 rings (SSSR count). The fourth-order valence-corrected chi connectivity index (χ4v) is 5.78. The molecule has 0 unspecified atom stereocenters. The number of sulfonamides is 1. The molecule has 1 amide bonds. The summed E-state index contributed by atoms with van der Waals surface area (Å²) in [6, 6.07) is 18.6. The topological polar surface area (TPSA) is 89.8 Å². The zero-order chi connectivity index (χ0) is 25.0. The lowest BCUT2D eigenvalue weighted by Crippen LogP contribution is -2.20. The highest BCUT2D eigenvalue weighted by Crippen LogP contribution is 2.22. The first kappa shape index (κ1) is 24.8. The number of rotatable bonds is 8. The Kier molecular flexibility index (Phi) is 7.49. The third-order valence-corrected chi connectivity index (χ3v) is 8.03. The van der Waals surface area contributed by atoms with Crippen LogP contribution in [0.15, 0.2) is 76.6 Å². The number of ether oxygens (including phenoxy) is 1. The number of anilines is 1. The molecule has 1 aromatic heterocycles. The van der Waals surface area contributed by atoms with Crippen LogP contribution in [0.3, 0.4) is 0 Å². The average Bonchev–Trinajstić information content (AvgIpc) is 3.16. The fraction of sp³-hybridized carbons (Fsp3) is 0.231. The second-order valence-electron chi connectivity index (χ2n) is 8.05. The number of nitrogens with zero attached hydrogens (tertiary/aromatic N) is 2. The van der Waals surface area contributed by atoms with E-state index in [4.69, 9.17) is 4.74 Å². The second kappa shape index (κ2) is 10.6. The fourth-order valence-electron chi connectivity index (χ4n) is 3.57. The lowest BCUT2D eigenvalue weighted by molar-refractivity contribution is 0.0996. The molecule has 0 aliphatic carbocycles. The molecule has 0 bridgehead atoms. The predicted molar refractivity (Wildman–Crippen MR) is 139 cm³/mol. The van der Waals surface area contributed by atoms with Gasteiger partial charge in [0.05, 0.1) is 21.7 Å². The van der Waals surface area contributed by atoms with Crippen LogP contribution in [0.25, 0.3) is 10.2 Å². The molecular formula is C26H27N3O4S2. The van der Waals surface area contributed by atoms with Crippen molar-refractivity contribution in [2.24, 2.45) is 4.99 Å². The van der Waals surface area contributed by atoms with Gasteiger partial charge in [-0.3, -0.25) is 9.52 Å². The van der Waals surface area contributed by atoms with Crippen molar-refractivity contribution in [1.82, 2.24) is 4.57 Å². The van der Waals surface area contributed by atoms with E-state index >= 15 is 0 Å². The van der Waals surface area contributed by atoms with E-state index in [0.717, 1.165) is 10.2 Å². The van der Waals surface area contributed by atoms with Crippen molar-refractivity contribution in [1.29, 1.82) is 0 Å². The van der Waals surface area contributed by atoms with E-state index in [0.29, 0.717) is 35.8 Å². The van der Waals surface area contributed by atoms with Crippen LogP contribution in [0.4, 0.5) is 5.69 Å². The Balaban J connectivity index is 1.62. The largest absolute Gasteiger partial charge is 0.380 e. The zero-order valence-electron chi connectivity index (χ0n) is 19.8. The molecule has 0 aliphatic rings. The summed E-state index contributed by atoms with van der Waals surface area (Å²) >= 11 is 1.46. The highest BCUT2D eigenvalue weighted by Gasteiger charge is 2.14. The third-order valence-electron chi connectivity index (χ3n) is 5.60. The summed E-state index contributed by atoms with van der Waals surface area (Å²) in [4.78, 5) is 18.2. The molecule has 182 valence electrons. The van der Waals surface area contributed by atoms with E-state index in [2.05, 4.69) is 35.7 Å². The van der Waals surface area contributed by atoms with Crippen LogP contribution in [0.2, 0.25) is 0 Å². The number of benzene rings is 3. The standard InChI is InChI=1S/C26H27N3O4S2/c1-4-33-15-14-29-23-16-18(2)19(3)17-24(23)34-26(29)27-25(30)20-10-12-21(13-11-20)28-35(31,32)22-8-6-5-7-9-22/h5-13,16-17,28H,4,14-15H2,1-3H3. The molecule has 9 heteroatoms. The summed E-state index contributed by atoms with van der Waals surface area (Å²) in [5.74, 6) is -0.396. The van der Waals surface area contributed by atoms with Gasteiger partial charge in [-0.05, 0) is 80.4 Å². The normalized spacial score (nSPS) is 12.3. The molecule has 0 spiro atoms. The summed E-state index contributed by atoms with van der Waals surface area (Å²) in [6.07, 6.45) is 0. The number of aryl methyl sites for hydroxylation is 2. The van der Waals surface area contributed by atoms with Gasteiger partial charge in [-0.25, -0.2) is 8.42 Å². The summed E-state index contributed by atoms with van der Waals surface area (Å²) < 4.78 is 36.2. The van der Waals surface area contributed by atoms with Gasteiger partial charge in [0.1, 0.15) is 0 Å². The number of amides is 1. The lowest BCUT2D eigenvalue weighted by Gasteiger charge is -2.08. The number of carbonyl (C=O) groups excluding carboxylic acids is 1. The highest BCUT2D eigenvalue weighted by molar-refractivity contribution is 7.92. The minimum Gasteiger partial charge on any atom is -0.380 e. The number of thiazole rings is 1. The molecule has 3 aromatic carbocycles. The van der Waals surface area contributed by atoms with Crippen molar-refractivity contribution in [3.8, 4) is 0 Å². The Hall–Kier alpha value is -3.27. The summed E-state index contributed by atoms with van der Waals surface area (Å²) in [6.45, 7) is 7.80. The molecule has 0 radical (unpaired) electrons. The summed E-state index contributed by atoms with van der Waals surface area (Å²) in [5.41, 5.74) is 4.11. The van der Waals surface area contributed by atoms with Gasteiger partial charge in [0.25, 0.3) is 15.9 Å². The number of aromatic nitrogens is 1. The maximum Gasteiger partial charge on any atom is 0.279 e. The predicted octanol–water partition coefficient (Wildman–Crippen LogP) is 4.90. The molecular weight excluding hydrogens is 482 g/mol. The smallest absolute Gasteiger partial charge is 0.279 e. The van der Waals surface area contributed by atoms with E-state index in [9.17, 15) is 13.2 Å². The van der Waals surface area contributed by atoms with E-state index < -0.39 is 15.9 Å². The van der Waals surface area contributed by atoms with Gasteiger partial charge >= 0.3 is 0 Å². The summed E-state index contributed by atoms with van der Waals surface area (Å²) in [5, 5.41) is 0. The quantitative estimate of drug-likeness (QED) is 0.342. The Labute approximate surface area is 208 Å². The number of hydrogen-bond acceptors (Lipinski definition) is 5. The van der Waals surface area contributed by atoms with E-state index in [-0.39, 0.29) is 4.90 Å². The van der Waals surface area contributed by atoms with Crippen LogP contribution < -0.4 is 9.52 Å². The maximum atomic E-state index is 13.0. The Bertz CT molecular complexity index is 1520. The first-order chi connectivity index (χ1) is 16.8. The SMILES string of the molecule is CCOCCn1c(=NC(=O)c2ccc(NS(=O)(=O)c3ccccc3)cc2)sc2cc(C)c(C)cc21. The minimum absolute atomic E-state index is 0.169. The molecule has 0 atom stereocenters. The first-order valence-corrected chi connectivity index (χ1v) is 13.5. The van der Waals surface area contributed by atoms with Crippen LogP contribution in [-0.2, 0) is 21.3 Å². The molecule has 1 heterocycles. The van der Waals surface area contributed by atoms with E-state index in [1.807, 2.05) is 11.5 Å². The Morgan fingerprint density at radius 3 is 2.40 bits per heavy atom. The third kappa shape index (κ3) is 5.70. The lowest BCUT2D eigenvalue weighted by atomic mass is 10.1. The molecule has 0 saturated heterocycles. The highest BCUT2D eigenvalue weighted by atomic mass is 32.2. The van der Waals surface area contributed by atoms with Crippen molar-refractivity contribution >= 4 is 43.2 Å². The van der Waals surface area contributed by atoms with Crippen LogP contribution in [0, 0.1) is 13.8 Å². The first-order valence-electron chi connectivity index (χ1n) is 11.2. The molecule has 4 aromatic rings. The van der Waals surface area contributed by atoms with Gasteiger partial charge in [0, 0.05) is 24.4 Å². The molecule has 35 heavy (non-hydrogen) atoms. The van der Waals surface area contributed by atoms with Crippen molar-refractivity contribution < 1.29 is 17.9 Å². The van der Waals surface area contributed by atoms with Gasteiger partial charge in [-0.15, -0.1) is 0 Å². The number of fused-ring (bicyclic) bond motifs is 1. The van der Waals surface area contributed by atoms with Crippen LogP contribution in [-0.4, -0.2) is 32.1 Å². The van der Waals surface area contributed by atoms with Gasteiger partial charge in [0.2, 0.25) is 0 Å². The van der Waals surface area contributed by atoms with Crippen LogP contribution >= 0.6 is 11.3 Å². The number of carbonyl (C=O) groups is 1. The monoisotopic (exact) mass is 509 g/mol. The van der Waals surface area contributed by atoms with Crippen LogP contribution in [0.5, 0.6) is 0 Å². The number of hydrogen-bond donors (Lipinski definition) is 1. The van der Waals surface area contributed by atoms with E-state index in [1.165, 1.54) is 34.6 Å². The van der Waals surface area contributed by atoms with Crippen molar-refractivity contribution in [3.63, 3.8) is 0 Å². The Morgan fingerprint density at radius 2 is 1.71 bits per heavy atom. The molecule has 0 aliphatic heterocycles. The van der Waals surface area contributed by atoms with E-state index in [1.54, 1.807) is 42.5 Å². The Morgan fingerprint density at radius 1 is 1.03 bits per heavy atom. The van der Waals surface area contributed by atoms with Gasteiger partial charge < -0.3 is 9.30 Å². The van der Waals surface area contributed by atoms with Crippen LogP contribution in [0.1, 0.15) is 28.4 Å². The van der Waals surface area contributed by atoms with Crippen molar-refractivity contribution in [2.75, 3.05) is 17.9 Å². The van der Waals surface area contributed by atoms with Crippen molar-refractivity contribution in [3.05, 3.63) is 88.2 Å². The minimum atomic E-state index is -3.71. The van der Waals surface area contributed by atoms with Gasteiger partial charge in [-0.2, -0.15) is 4.99 Å². The zero-order valence-corrected chi connectivity index (χ0v) is 21.4. The van der Waals surface area contributed by atoms with Crippen molar-refractivity contribution in [2.45, 2.75) is 32.2 Å². The number of nitrogens with one attached hydrogen (secondary N) is 1. The average molecular weight is 510 g/mol. The van der Waals surface area contributed by atoms with Gasteiger partial charge in [0.15, 0.2) is 4.80 Å². The summed E-state index contributed by atoms with van der Waals surface area (Å²) in [7, 11) is -3.71. The molecule has 0 saturated carbocycles. The maximum absolute atomic E-state index is 13.0. The second-order valence-corrected chi connectivity index (χ2v) is 10.7.